The molecular formula is C5H13NO5. The van der Waals surface area contributed by atoms with Crippen molar-refractivity contribution in [2.75, 3.05) is 6.61 Å². The topological polar surface area (TPSA) is 133 Å². The highest BCUT2D eigenvalue weighted by Gasteiger charge is 2.22. The first-order valence-corrected chi connectivity index (χ1v) is 2.73. The fourth-order valence-electron chi connectivity index (χ4n) is 0.416. The van der Waals surface area contributed by atoms with E-state index in [1.54, 1.807) is 0 Å². The van der Waals surface area contributed by atoms with E-state index in [1.165, 1.54) is 0 Å². The third-order valence-corrected chi connectivity index (χ3v) is 1.07. The van der Waals surface area contributed by atoms with Crippen LogP contribution in [0, 0.1) is 0 Å². The number of aliphatic hydroxyl groups excluding tert-OH is 4. The van der Waals surface area contributed by atoms with Gasteiger partial charge in [0.15, 0.2) is 6.29 Å². The molecule has 0 aliphatic heterocycles. The molecule has 68 valence electrons. The molecule has 0 saturated heterocycles. The van der Waals surface area contributed by atoms with Gasteiger partial charge in [0.1, 0.15) is 18.3 Å². The fourth-order valence-corrected chi connectivity index (χ4v) is 0.416. The summed E-state index contributed by atoms with van der Waals surface area (Å²) in [5.41, 5.74) is 0. The van der Waals surface area contributed by atoms with Gasteiger partial charge in [0.05, 0.1) is 6.61 Å². The lowest BCUT2D eigenvalue weighted by atomic mass is 10.1. The molecule has 0 rings (SSSR count). The minimum atomic E-state index is -1.64. The minimum absolute atomic E-state index is 0. The summed E-state index contributed by atoms with van der Waals surface area (Å²) in [7, 11) is 0. The molecule has 0 saturated carbocycles. The first-order valence-electron chi connectivity index (χ1n) is 2.73. The summed E-state index contributed by atoms with van der Waals surface area (Å²) in [4.78, 5) is 9.76. The van der Waals surface area contributed by atoms with Crippen LogP contribution in [0.25, 0.3) is 0 Å². The Hall–Kier alpha value is -0.530. The molecular weight excluding hydrogens is 154 g/mol. The minimum Gasteiger partial charge on any atom is -0.394 e. The van der Waals surface area contributed by atoms with Crippen LogP contribution < -0.4 is 6.15 Å². The van der Waals surface area contributed by atoms with E-state index in [1.807, 2.05) is 0 Å². The van der Waals surface area contributed by atoms with Gasteiger partial charge in [-0.1, -0.05) is 0 Å². The maximum atomic E-state index is 9.76. The average Bonchev–Trinajstić information content (AvgIpc) is 2.00. The Morgan fingerprint density at radius 2 is 1.73 bits per heavy atom. The number of carbonyl (C=O) groups is 1. The third-order valence-electron chi connectivity index (χ3n) is 1.07. The standard InChI is InChI=1S/C5H10O5.H3N/c6-1-3(8)5(10)4(9)2-7;/h1,3-5,7-10H,2H2;1H3. The van der Waals surface area contributed by atoms with Gasteiger partial charge < -0.3 is 31.4 Å². The third kappa shape index (κ3) is 4.02. The zero-order chi connectivity index (χ0) is 8.15. The normalized spacial score (nSPS) is 17.8. The summed E-state index contributed by atoms with van der Waals surface area (Å²) < 4.78 is 0. The number of aldehydes is 1. The van der Waals surface area contributed by atoms with Gasteiger partial charge in [-0.15, -0.1) is 0 Å². The predicted molar refractivity (Wildman–Crippen MR) is 36.2 cm³/mol. The van der Waals surface area contributed by atoms with E-state index < -0.39 is 24.9 Å². The molecule has 6 nitrogen and oxygen atoms in total. The van der Waals surface area contributed by atoms with Crippen molar-refractivity contribution in [1.29, 1.82) is 0 Å². The number of rotatable bonds is 4. The molecule has 0 aliphatic rings. The van der Waals surface area contributed by atoms with Crippen LogP contribution in [-0.2, 0) is 4.79 Å². The van der Waals surface area contributed by atoms with Crippen molar-refractivity contribution in [2.45, 2.75) is 18.3 Å². The van der Waals surface area contributed by atoms with E-state index in [9.17, 15) is 4.79 Å². The number of hydrogen-bond acceptors (Lipinski definition) is 6. The van der Waals surface area contributed by atoms with Crippen molar-refractivity contribution in [1.82, 2.24) is 6.15 Å². The highest BCUT2D eigenvalue weighted by Crippen LogP contribution is 1.96. The second kappa shape index (κ2) is 6.20. The zero-order valence-electron chi connectivity index (χ0n) is 5.92. The lowest BCUT2D eigenvalue weighted by molar-refractivity contribution is -0.127. The Morgan fingerprint density at radius 3 is 2.00 bits per heavy atom. The van der Waals surface area contributed by atoms with Crippen molar-refractivity contribution in [3.05, 3.63) is 0 Å². The molecule has 3 unspecified atom stereocenters. The molecule has 0 fully saturated rings. The average molecular weight is 167 g/mol. The molecule has 3 atom stereocenters. The van der Waals surface area contributed by atoms with Gasteiger partial charge in [-0.3, -0.25) is 0 Å². The molecule has 0 bridgehead atoms. The van der Waals surface area contributed by atoms with Crippen molar-refractivity contribution in [2.24, 2.45) is 0 Å². The van der Waals surface area contributed by atoms with Crippen LogP contribution in [0.1, 0.15) is 0 Å². The summed E-state index contributed by atoms with van der Waals surface area (Å²) in [5.74, 6) is 0. The van der Waals surface area contributed by atoms with Crippen molar-refractivity contribution in [3.63, 3.8) is 0 Å². The summed E-state index contributed by atoms with van der Waals surface area (Å²) in [5, 5.41) is 34.1. The van der Waals surface area contributed by atoms with Gasteiger partial charge in [0, 0.05) is 0 Å². The molecule has 0 radical (unpaired) electrons. The molecule has 0 aliphatic carbocycles. The van der Waals surface area contributed by atoms with Crippen molar-refractivity contribution >= 4 is 6.29 Å². The van der Waals surface area contributed by atoms with Gasteiger partial charge in [-0.05, 0) is 0 Å². The Labute approximate surface area is 63.7 Å². The quantitative estimate of drug-likeness (QED) is 0.292. The van der Waals surface area contributed by atoms with Crippen LogP contribution in [0.5, 0.6) is 0 Å². The first-order chi connectivity index (χ1) is 4.63. The molecule has 0 heterocycles. The lowest BCUT2D eigenvalue weighted by Gasteiger charge is -2.16. The molecule has 0 aromatic heterocycles. The lowest BCUT2D eigenvalue weighted by Crippen LogP contribution is -2.40. The number of carbonyl (C=O) groups excluding carboxylic acids is 1. The van der Waals surface area contributed by atoms with Gasteiger partial charge in [0.25, 0.3) is 0 Å². The van der Waals surface area contributed by atoms with Crippen LogP contribution >= 0.6 is 0 Å². The fraction of sp³-hybridized carbons (Fsp3) is 0.800. The Balaban J connectivity index is 0. The van der Waals surface area contributed by atoms with Crippen LogP contribution in [-0.4, -0.2) is 51.6 Å². The van der Waals surface area contributed by atoms with E-state index in [0.717, 1.165) is 0 Å². The smallest absolute Gasteiger partial charge is 0.151 e. The zero-order valence-corrected chi connectivity index (χ0v) is 5.92. The van der Waals surface area contributed by atoms with E-state index in [-0.39, 0.29) is 12.4 Å². The summed E-state index contributed by atoms with van der Waals surface area (Å²) in [6, 6.07) is 0. The van der Waals surface area contributed by atoms with E-state index in [2.05, 4.69) is 0 Å². The maximum Gasteiger partial charge on any atom is 0.151 e. The monoisotopic (exact) mass is 167 g/mol. The van der Waals surface area contributed by atoms with Crippen LogP contribution in [0.3, 0.4) is 0 Å². The molecule has 6 heteroatoms. The van der Waals surface area contributed by atoms with Crippen molar-refractivity contribution in [3.8, 4) is 0 Å². The highest BCUT2D eigenvalue weighted by atomic mass is 16.4. The highest BCUT2D eigenvalue weighted by molar-refractivity contribution is 5.56. The Kier molecular flexibility index (Phi) is 7.37. The second-order valence-corrected chi connectivity index (χ2v) is 1.87. The molecule has 0 aromatic carbocycles. The summed E-state index contributed by atoms with van der Waals surface area (Å²) >= 11 is 0. The largest absolute Gasteiger partial charge is 0.394 e. The molecule has 0 aromatic rings. The van der Waals surface area contributed by atoms with Gasteiger partial charge in [-0.25, -0.2) is 0 Å². The molecule has 11 heavy (non-hydrogen) atoms. The van der Waals surface area contributed by atoms with Gasteiger partial charge in [-0.2, -0.15) is 0 Å². The van der Waals surface area contributed by atoms with E-state index >= 15 is 0 Å². The van der Waals surface area contributed by atoms with E-state index in [4.69, 9.17) is 20.4 Å². The number of aliphatic hydroxyl groups is 4. The second-order valence-electron chi connectivity index (χ2n) is 1.87. The Bertz CT molecular complexity index is 109. The van der Waals surface area contributed by atoms with Crippen LogP contribution in [0.4, 0.5) is 0 Å². The molecule has 0 amide bonds. The first kappa shape index (κ1) is 13.1. The van der Waals surface area contributed by atoms with E-state index in [0.29, 0.717) is 0 Å². The summed E-state index contributed by atoms with van der Waals surface area (Å²) in [6.45, 7) is -0.688. The Morgan fingerprint density at radius 1 is 1.27 bits per heavy atom. The van der Waals surface area contributed by atoms with Crippen LogP contribution in [0.2, 0.25) is 0 Å². The van der Waals surface area contributed by atoms with Crippen LogP contribution in [0.15, 0.2) is 0 Å². The number of hydrogen-bond donors (Lipinski definition) is 5. The van der Waals surface area contributed by atoms with Crippen molar-refractivity contribution < 1.29 is 25.2 Å². The molecule has 0 spiro atoms. The maximum absolute atomic E-state index is 9.76. The SMILES string of the molecule is N.O=CC(O)C(O)C(O)CO. The predicted octanol–water partition coefficient (Wildman–Crippen LogP) is -2.58. The summed E-state index contributed by atoms with van der Waals surface area (Å²) in [6.07, 6.45) is -4.63. The molecule has 7 N–H and O–H groups in total. The van der Waals surface area contributed by atoms with Gasteiger partial charge >= 0.3 is 0 Å². The van der Waals surface area contributed by atoms with Gasteiger partial charge in [0.2, 0.25) is 0 Å².